The van der Waals surface area contributed by atoms with Crippen LogP contribution in [-0.4, -0.2) is 29.1 Å². The number of carbonyl (C=O) groups excluding carboxylic acids is 1. The van der Waals surface area contributed by atoms with Crippen LogP contribution in [0.5, 0.6) is 0 Å². The molecule has 5 nitrogen and oxygen atoms in total. The zero-order valence-electron chi connectivity index (χ0n) is 11.0. The first kappa shape index (κ1) is 14.3. The molecule has 20 heavy (non-hydrogen) atoms. The van der Waals surface area contributed by atoms with E-state index < -0.39 is 12.0 Å². The highest BCUT2D eigenvalue weighted by Gasteiger charge is 2.27. The Hall–Kier alpha value is -2.14. The minimum atomic E-state index is -1.03. The number of hydrogen-bond donors (Lipinski definition) is 3. The number of nitrogens with two attached hydrogens (primary N) is 1. The van der Waals surface area contributed by atoms with Crippen LogP contribution in [-0.2, 0) is 16.0 Å². The van der Waals surface area contributed by atoms with E-state index >= 15 is 0 Å². The summed E-state index contributed by atoms with van der Waals surface area (Å²) in [7, 11) is 0. The van der Waals surface area contributed by atoms with Gasteiger partial charge in [-0.2, -0.15) is 0 Å². The largest absolute Gasteiger partial charge is 0.480 e. The van der Waals surface area contributed by atoms with Gasteiger partial charge in [0, 0.05) is 12.5 Å². The van der Waals surface area contributed by atoms with E-state index in [4.69, 9.17) is 5.73 Å². The number of benzene rings is 1. The molecule has 0 fully saturated rings. The summed E-state index contributed by atoms with van der Waals surface area (Å²) < 4.78 is 0. The summed E-state index contributed by atoms with van der Waals surface area (Å²) >= 11 is 0. The number of nitrogens with one attached hydrogen (secondary N) is 1. The lowest BCUT2D eigenvalue weighted by Crippen LogP contribution is -2.44. The van der Waals surface area contributed by atoms with Gasteiger partial charge in [0.1, 0.15) is 6.04 Å². The Morgan fingerprint density at radius 3 is 2.55 bits per heavy atom. The van der Waals surface area contributed by atoms with Crippen molar-refractivity contribution in [2.45, 2.75) is 24.9 Å². The highest BCUT2D eigenvalue weighted by atomic mass is 16.4. The monoisotopic (exact) mass is 274 g/mol. The van der Waals surface area contributed by atoms with Gasteiger partial charge in [-0.3, -0.25) is 4.79 Å². The maximum atomic E-state index is 12.0. The molecule has 1 aliphatic carbocycles. The third-order valence-electron chi connectivity index (χ3n) is 3.35. The van der Waals surface area contributed by atoms with Crippen LogP contribution in [0, 0.1) is 5.92 Å². The summed E-state index contributed by atoms with van der Waals surface area (Å²) in [5.41, 5.74) is 6.57. The number of rotatable bonds is 5. The van der Waals surface area contributed by atoms with Crippen molar-refractivity contribution in [3.05, 3.63) is 48.0 Å². The molecule has 1 amide bonds. The minimum Gasteiger partial charge on any atom is -0.480 e. The predicted molar refractivity (Wildman–Crippen MR) is 74.9 cm³/mol. The zero-order chi connectivity index (χ0) is 14.5. The molecule has 106 valence electrons. The molecule has 0 heterocycles. The fraction of sp³-hybridized carbons (Fsp3) is 0.333. The summed E-state index contributed by atoms with van der Waals surface area (Å²) in [6, 6.07) is 8.19. The molecule has 2 rings (SSSR count). The van der Waals surface area contributed by atoms with Gasteiger partial charge in [0.05, 0.1) is 5.92 Å². The highest BCUT2D eigenvalue weighted by molar-refractivity contribution is 5.86. The van der Waals surface area contributed by atoms with Crippen molar-refractivity contribution in [1.82, 2.24) is 5.32 Å². The Morgan fingerprint density at radius 2 is 2.00 bits per heavy atom. The molecule has 3 atom stereocenters. The van der Waals surface area contributed by atoms with Gasteiger partial charge >= 0.3 is 5.97 Å². The standard InChI is InChI=1S/C15H18N2O3/c16-12-7-6-11(9-12)14(18)17-13(15(19)20)8-10-4-2-1-3-5-10/h1-7,11-13H,8-9,16H2,(H,17,18)(H,19,20)/t11?,12?,13-/m0/s1. The smallest absolute Gasteiger partial charge is 0.326 e. The normalized spacial score (nSPS) is 22.4. The molecule has 1 aliphatic rings. The van der Waals surface area contributed by atoms with E-state index in [0.29, 0.717) is 6.42 Å². The lowest BCUT2D eigenvalue weighted by Gasteiger charge is -2.17. The van der Waals surface area contributed by atoms with Crippen molar-refractivity contribution in [1.29, 1.82) is 0 Å². The van der Waals surface area contributed by atoms with Crippen molar-refractivity contribution < 1.29 is 14.7 Å². The molecular formula is C15H18N2O3. The number of amides is 1. The molecule has 0 aliphatic heterocycles. The molecule has 1 aromatic carbocycles. The Kier molecular flexibility index (Phi) is 4.53. The second-order valence-electron chi connectivity index (χ2n) is 4.98. The molecule has 0 spiro atoms. The molecule has 0 bridgehead atoms. The molecule has 1 aromatic rings. The second kappa shape index (κ2) is 6.34. The summed E-state index contributed by atoms with van der Waals surface area (Å²) in [6.45, 7) is 0. The summed E-state index contributed by atoms with van der Waals surface area (Å²) in [5.74, 6) is -1.64. The van der Waals surface area contributed by atoms with Crippen LogP contribution in [0.15, 0.2) is 42.5 Å². The van der Waals surface area contributed by atoms with Gasteiger partial charge in [-0.15, -0.1) is 0 Å². The fourth-order valence-electron chi connectivity index (χ4n) is 2.25. The minimum absolute atomic E-state index is 0.122. The van der Waals surface area contributed by atoms with Crippen molar-refractivity contribution in [2.24, 2.45) is 11.7 Å². The van der Waals surface area contributed by atoms with Gasteiger partial charge in [0.15, 0.2) is 0 Å². The average molecular weight is 274 g/mol. The highest BCUT2D eigenvalue weighted by Crippen LogP contribution is 2.16. The van der Waals surface area contributed by atoms with Crippen LogP contribution < -0.4 is 11.1 Å². The van der Waals surface area contributed by atoms with E-state index in [-0.39, 0.29) is 24.3 Å². The van der Waals surface area contributed by atoms with Crippen LogP contribution in [0.2, 0.25) is 0 Å². The molecule has 0 aromatic heterocycles. The van der Waals surface area contributed by atoms with Crippen molar-refractivity contribution in [3.63, 3.8) is 0 Å². The fourth-order valence-corrected chi connectivity index (χ4v) is 2.25. The Balaban J connectivity index is 1.98. The third kappa shape index (κ3) is 3.68. The number of carboxylic acid groups (broad SMARTS) is 1. The molecule has 0 radical (unpaired) electrons. The predicted octanol–water partition coefficient (Wildman–Crippen LogP) is 0.702. The van der Waals surface area contributed by atoms with Crippen molar-refractivity contribution in [2.75, 3.05) is 0 Å². The van der Waals surface area contributed by atoms with Crippen LogP contribution in [0.4, 0.5) is 0 Å². The average Bonchev–Trinajstić information content (AvgIpc) is 2.86. The van der Waals surface area contributed by atoms with Crippen LogP contribution in [0.3, 0.4) is 0 Å². The number of carboxylic acids is 1. The maximum Gasteiger partial charge on any atom is 0.326 e. The SMILES string of the molecule is NC1C=CC(C(=O)N[C@@H](Cc2ccccc2)C(=O)O)C1. The van der Waals surface area contributed by atoms with Gasteiger partial charge in [0.25, 0.3) is 0 Å². The van der Waals surface area contributed by atoms with Crippen molar-refractivity contribution in [3.8, 4) is 0 Å². The van der Waals surface area contributed by atoms with Gasteiger partial charge in [-0.05, 0) is 12.0 Å². The number of hydrogen-bond acceptors (Lipinski definition) is 3. The summed E-state index contributed by atoms with van der Waals surface area (Å²) in [5, 5.41) is 11.8. The van der Waals surface area contributed by atoms with E-state index in [1.165, 1.54) is 0 Å². The Bertz CT molecular complexity index is 513. The van der Waals surface area contributed by atoms with Crippen LogP contribution in [0.1, 0.15) is 12.0 Å². The third-order valence-corrected chi connectivity index (χ3v) is 3.35. The molecule has 2 unspecified atom stereocenters. The van der Waals surface area contributed by atoms with E-state index in [1.54, 1.807) is 12.2 Å². The number of carbonyl (C=O) groups is 2. The summed E-state index contributed by atoms with van der Waals surface area (Å²) in [4.78, 5) is 23.3. The van der Waals surface area contributed by atoms with E-state index in [9.17, 15) is 14.7 Å². The van der Waals surface area contributed by atoms with Crippen LogP contribution in [0.25, 0.3) is 0 Å². The van der Waals surface area contributed by atoms with Crippen LogP contribution >= 0.6 is 0 Å². The first-order chi connectivity index (χ1) is 9.56. The van der Waals surface area contributed by atoms with E-state index in [0.717, 1.165) is 5.56 Å². The van der Waals surface area contributed by atoms with Gasteiger partial charge in [0.2, 0.25) is 5.91 Å². The van der Waals surface area contributed by atoms with Gasteiger partial charge < -0.3 is 16.2 Å². The molecule has 0 saturated carbocycles. The second-order valence-corrected chi connectivity index (χ2v) is 4.98. The summed E-state index contributed by atoms with van der Waals surface area (Å²) in [6.07, 6.45) is 4.31. The van der Waals surface area contributed by atoms with E-state index in [1.807, 2.05) is 30.3 Å². The lowest BCUT2D eigenvalue weighted by molar-refractivity contribution is -0.142. The molecule has 4 N–H and O–H groups in total. The first-order valence-corrected chi connectivity index (χ1v) is 6.57. The molecule has 5 heteroatoms. The van der Waals surface area contributed by atoms with Gasteiger partial charge in [-0.1, -0.05) is 42.5 Å². The van der Waals surface area contributed by atoms with Crippen molar-refractivity contribution >= 4 is 11.9 Å². The molecule has 0 saturated heterocycles. The quantitative estimate of drug-likeness (QED) is 0.689. The maximum absolute atomic E-state index is 12.0. The first-order valence-electron chi connectivity index (χ1n) is 6.57. The zero-order valence-corrected chi connectivity index (χ0v) is 11.0. The van der Waals surface area contributed by atoms with Gasteiger partial charge in [-0.25, -0.2) is 4.79 Å². The topological polar surface area (TPSA) is 92.4 Å². The lowest BCUT2D eigenvalue weighted by atomic mass is 10.0. The number of aliphatic carboxylic acids is 1. The van der Waals surface area contributed by atoms with E-state index in [2.05, 4.69) is 5.32 Å². The Labute approximate surface area is 117 Å². The molecular weight excluding hydrogens is 256 g/mol. The Morgan fingerprint density at radius 1 is 1.30 bits per heavy atom.